The van der Waals surface area contributed by atoms with Gasteiger partial charge in [0.25, 0.3) is 5.69 Å². The van der Waals surface area contributed by atoms with Gasteiger partial charge in [0, 0.05) is 17.7 Å². The largest absolute Gasteiger partial charge is 0.379 e. The van der Waals surface area contributed by atoms with Gasteiger partial charge < -0.3 is 4.18 Å². The molecule has 0 bridgehead atoms. The minimum absolute atomic E-state index is 0.0163. The number of nitrogens with zero attached hydrogens (tertiary/aromatic N) is 5. The number of nitro benzene ring substituents is 1. The van der Waals surface area contributed by atoms with Crippen molar-refractivity contribution in [3.05, 3.63) is 63.4 Å². The Balaban J connectivity index is 1.98. The van der Waals surface area contributed by atoms with Crippen molar-refractivity contribution in [2.75, 3.05) is 0 Å². The maximum Gasteiger partial charge on any atom is 0.339 e. The number of hydrogen-bond acceptors (Lipinski definition) is 8. The summed E-state index contributed by atoms with van der Waals surface area (Å²) in [6.07, 6.45) is 1.33. The number of halogens is 1. The van der Waals surface area contributed by atoms with Gasteiger partial charge in [0.2, 0.25) is 0 Å². The van der Waals surface area contributed by atoms with Gasteiger partial charge >= 0.3 is 10.1 Å². The van der Waals surface area contributed by atoms with Crippen LogP contribution in [0.5, 0.6) is 5.75 Å². The highest BCUT2D eigenvalue weighted by molar-refractivity contribution is 7.87. The Bertz CT molecular complexity index is 1090. The van der Waals surface area contributed by atoms with Crippen LogP contribution in [0.3, 0.4) is 0 Å². The maximum absolute atomic E-state index is 12.5. The summed E-state index contributed by atoms with van der Waals surface area (Å²) in [5, 5.41) is 21.7. The van der Waals surface area contributed by atoms with Gasteiger partial charge in [0.05, 0.1) is 15.6 Å². The lowest BCUT2D eigenvalue weighted by molar-refractivity contribution is -0.385. The van der Waals surface area contributed by atoms with E-state index in [9.17, 15) is 18.5 Å². The van der Waals surface area contributed by atoms with Crippen LogP contribution >= 0.6 is 11.6 Å². The van der Waals surface area contributed by atoms with Crippen molar-refractivity contribution in [3.8, 4) is 11.4 Å². The molecular formula is C14H10ClN5O5S. The molecule has 0 aliphatic heterocycles. The molecule has 0 saturated carbocycles. The third-order valence-electron chi connectivity index (χ3n) is 3.41. The van der Waals surface area contributed by atoms with Crippen LogP contribution in [-0.4, -0.2) is 33.5 Å². The first-order chi connectivity index (χ1) is 12.3. The first kappa shape index (κ1) is 17.8. The second-order valence-electron chi connectivity index (χ2n) is 5.10. The summed E-state index contributed by atoms with van der Waals surface area (Å²) in [5.74, 6) is -0.0163. The van der Waals surface area contributed by atoms with Crippen molar-refractivity contribution in [2.45, 2.75) is 11.8 Å². The van der Waals surface area contributed by atoms with Crippen LogP contribution in [0.1, 0.15) is 5.56 Å². The molecule has 0 amide bonds. The zero-order valence-electron chi connectivity index (χ0n) is 13.1. The van der Waals surface area contributed by atoms with Gasteiger partial charge in [-0.3, -0.25) is 10.1 Å². The van der Waals surface area contributed by atoms with Gasteiger partial charge in [0.1, 0.15) is 17.0 Å². The molecule has 26 heavy (non-hydrogen) atoms. The smallest absolute Gasteiger partial charge is 0.339 e. The molecule has 0 spiro atoms. The Morgan fingerprint density at radius 1 is 1.27 bits per heavy atom. The summed E-state index contributed by atoms with van der Waals surface area (Å²) in [6, 6.07) is 8.01. The summed E-state index contributed by atoms with van der Waals surface area (Å²) in [4.78, 5) is 9.94. The minimum atomic E-state index is -4.34. The number of rotatable bonds is 5. The number of hydrogen-bond donors (Lipinski definition) is 0. The molecule has 0 radical (unpaired) electrons. The van der Waals surface area contributed by atoms with Crippen LogP contribution in [0.25, 0.3) is 5.69 Å². The highest BCUT2D eigenvalue weighted by atomic mass is 35.5. The third-order valence-corrected chi connectivity index (χ3v) is 5.03. The Labute approximate surface area is 152 Å². The molecule has 12 heteroatoms. The quantitative estimate of drug-likeness (QED) is 0.365. The molecular weight excluding hydrogens is 386 g/mol. The van der Waals surface area contributed by atoms with E-state index < -0.39 is 25.6 Å². The first-order valence-electron chi connectivity index (χ1n) is 7.00. The lowest BCUT2D eigenvalue weighted by atomic mass is 10.2. The topological polar surface area (TPSA) is 130 Å². The van der Waals surface area contributed by atoms with E-state index in [-0.39, 0.29) is 16.3 Å². The maximum atomic E-state index is 12.5. The van der Waals surface area contributed by atoms with Crippen molar-refractivity contribution < 1.29 is 17.5 Å². The molecule has 134 valence electrons. The van der Waals surface area contributed by atoms with E-state index in [1.54, 1.807) is 12.1 Å². The minimum Gasteiger partial charge on any atom is -0.379 e. The summed E-state index contributed by atoms with van der Waals surface area (Å²) >= 11 is 5.91. The lowest BCUT2D eigenvalue weighted by Gasteiger charge is -2.09. The van der Waals surface area contributed by atoms with Crippen LogP contribution in [-0.2, 0) is 10.1 Å². The van der Waals surface area contributed by atoms with Crippen LogP contribution in [0, 0.1) is 17.0 Å². The Morgan fingerprint density at radius 2 is 2.04 bits per heavy atom. The fraction of sp³-hybridized carbons (Fsp3) is 0.0714. The Morgan fingerprint density at radius 3 is 2.69 bits per heavy atom. The van der Waals surface area contributed by atoms with Crippen LogP contribution in [0.4, 0.5) is 5.69 Å². The molecule has 0 N–H and O–H groups in total. The molecule has 0 unspecified atom stereocenters. The molecule has 10 nitrogen and oxygen atoms in total. The van der Waals surface area contributed by atoms with E-state index in [2.05, 4.69) is 15.5 Å². The van der Waals surface area contributed by atoms with Gasteiger partial charge in [-0.15, -0.1) is 5.10 Å². The predicted octanol–water partition coefficient (Wildman–Crippen LogP) is 2.30. The molecule has 0 fully saturated rings. The van der Waals surface area contributed by atoms with Gasteiger partial charge in [-0.1, -0.05) is 17.7 Å². The number of tetrazole rings is 1. The Hall–Kier alpha value is -3.05. The second-order valence-corrected chi connectivity index (χ2v) is 7.05. The summed E-state index contributed by atoms with van der Waals surface area (Å²) in [6.45, 7) is 1.42. The summed E-state index contributed by atoms with van der Waals surface area (Å²) < 4.78 is 31.4. The SMILES string of the molecule is Cc1c(Cl)cc(S(=O)(=O)Oc2cccc(-n3cnnn3)c2)cc1[N+](=O)[O-]. The zero-order chi connectivity index (χ0) is 18.9. The average molecular weight is 396 g/mol. The van der Waals surface area contributed by atoms with E-state index >= 15 is 0 Å². The average Bonchev–Trinajstić information content (AvgIpc) is 3.11. The zero-order valence-corrected chi connectivity index (χ0v) is 14.7. The summed E-state index contributed by atoms with van der Waals surface area (Å²) in [5.41, 5.74) is 0.217. The standard InChI is InChI=1S/C14H10ClN5O5S/c1-9-13(15)6-12(7-14(9)20(21)22)26(23,24)25-11-4-2-3-10(5-11)19-8-16-17-18-19/h2-8H,1H3. The number of benzene rings is 2. The fourth-order valence-corrected chi connectivity index (χ4v) is 3.36. The van der Waals surface area contributed by atoms with E-state index in [1.165, 1.54) is 30.1 Å². The molecule has 0 aliphatic carbocycles. The van der Waals surface area contributed by atoms with E-state index in [4.69, 9.17) is 15.8 Å². The van der Waals surface area contributed by atoms with E-state index in [0.29, 0.717) is 5.69 Å². The predicted molar refractivity (Wildman–Crippen MR) is 89.8 cm³/mol. The third kappa shape index (κ3) is 3.48. The molecule has 0 atom stereocenters. The van der Waals surface area contributed by atoms with Gasteiger partial charge in [-0.25, -0.2) is 4.68 Å². The normalized spacial score (nSPS) is 11.3. The lowest BCUT2D eigenvalue weighted by Crippen LogP contribution is -2.11. The van der Waals surface area contributed by atoms with Gasteiger partial charge in [-0.2, -0.15) is 8.42 Å². The van der Waals surface area contributed by atoms with Crippen molar-refractivity contribution >= 4 is 27.4 Å². The molecule has 2 aromatic carbocycles. The fourth-order valence-electron chi connectivity index (χ4n) is 2.11. The van der Waals surface area contributed by atoms with Crippen LogP contribution in [0.2, 0.25) is 5.02 Å². The van der Waals surface area contributed by atoms with Crippen molar-refractivity contribution in [1.29, 1.82) is 0 Å². The van der Waals surface area contributed by atoms with Crippen LogP contribution < -0.4 is 4.18 Å². The summed E-state index contributed by atoms with van der Waals surface area (Å²) in [7, 11) is -4.34. The Kier molecular flexibility index (Phi) is 4.57. The molecule has 1 heterocycles. The van der Waals surface area contributed by atoms with E-state index in [0.717, 1.165) is 12.1 Å². The van der Waals surface area contributed by atoms with Gasteiger partial charge in [0.15, 0.2) is 0 Å². The highest BCUT2D eigenvalue weighted by Crippen LogP contribution is 2.31. The van der Waals surface area contributed by atoms with Crippen molar-refractivity contribution in [1.82, 2.24) is 20.2 Å². The highest BCUT2D eigenvalue weighted by Gasteiger charge is 2.24. The van der Waals surface area contributed by atoms with Crippen LogP contribution in [0.15, 0.2) is 47.6 Å². The monoisotopic (exact) mass is 395 g/mol. The second kappa shape index (κ2) is 6.69. The molecule has 0 saturated heterocycles. The number of nitro groups is 1. The molecule has 3 aromatic rings. The van der Waals surface area contributed by atoms with Crippen molar-refractivity contribution in [2.24, 2.45) is 0 Å². The van der Waals surface area contributed by atoms with Gasteiger partial charge in [-0.05, 0) is 35.5 Å². The molecule has 0 aliphatic rings. The van der Waals surface area contributed by atoms with Crippen molar-refractivity contribution in [3.63, 3.8) is 0 Å². The molecule has 1 aromatic heterocycles. The molecule has 3 rings (SSSR count). The van der Waals surface area contributed by atoms with E-state index in [1.807, 2.05) is 0 Å². The number of aromatic nitrogens is 4. The first-order valence-corrected chi connectivity index (χ1v) is 8.79.